The fraction of sp³-hybridized carbons (Fsp3) is 0.250. The highest BCUT2D eigenvalue weighted by Crippen LogP contribution is 2.15. The van der Waals surface area contributed by atoms with Crippen molar-refractivity contribution in [3.63, 3.8) is 0 Å². The molecule has 0 N–H and O–H groups in total. The average molecular weight is 270 g/mol. The van der Waals surface area contributed by atoms with E-state index in [-0.39, 0.29) is 17.4 Å². The second kappa shape index (κ2) is 5.39. The standard InChI is InChI=1S/C8H7Cl3N2O2/c1-15-6-7(11)12-4-13(8(6)14)3-5(10)2-9/h2,4H,3H2,1H3/b5-2-. The number of nitrogens with zero attached hydrogens (tertiary/aromatic N) is 2. The van der Waals surface area contributed by atoms with Gasteiger partial charge in [0.05, 0.1) is 20.0 Å². The van der Waals surface area contributed by atoms with Crippen molar-refractivity contribution in [2.75, 3.05) is 7.11 Å². The normalized spacial score (nSPS) is 11.6. The van der Waals surface area contributed by atoms with Crippen molar-refractivity contribution in [3.8, 4) is 5.75 Å². The molecule has 0 unspecified atom stereocenters. The van der Waals surface area contributed by atoms with Crippen LogP contribution in [0, 0.1) is 0 Å². The van der Waals surface area contributed by atoms with Crippen LogP contribution in [0.15, 0.2) is 21.7 Å². The van der Waals surface area contributed by atoms with Gasteiger partial charge in [0.15, 0.2) is 5.15 Å². The van der Waals surface area contributed by atoms with E-state index in [0.717, 1.165) is 0 Å². The van der Waals surface area contributed by atoms with Crippen molar-refractivity contribution >= 4 is 34.8 Å². The molecular formula is C8H7Cl3N2O2. The molecule has 15 heavy (non-hydrogen) atoms. The van der Waals surface area contributed by atoms with Crippen LogP contribution in [0.2, 0.25) is 5.15 Å². The number of ether oxygens (including phenoxy) is 1. The molecule has 0 atom stereocenters. The molecule has 0 radical (unpaired) electrons. The van der Waals surface area contributed by atoms with E-state index in [4.69, 9.17) is 39.5 Å². The Labute approximate surface area is 101 Å². The third kappa shape index (κ3) is 2.87. The molecule has 0 aliphatic rings. The summed E-state index contributed by atoms with van der Waals surface area (Å²) < 4.78 is 6.05. The summed E-state index contributed by atoms with van der Waals surface area (Å²) in [5.74, 6) is -0.0156. The Morgan fingerprint density at radius 1 is 1.73 bits per heavy atom. The minimum atomic E-state index is -0.408. The van der Waals surface area contributed by atoms with Gasteiger partial charge < -0.3 is 4.74 Å². The summed E-state index contributed by atoms with van der Waals surface area (Å²) in [5.41, 5.74) is 0.767. The molecule has 1 aromatic rings. The maximum atomic E-state index is 11.7. The first-order chi connectivity index (χ1) is 7.10. The zero-order chi connectivity index (χ0) is 11.4. The molecule has 7 heteroatoms. The van der Waals surface area contributed by atoms with Gasteiger partial charge in [0.2, 0.25) is 5.75 Å². The van der Waals surface area contributed by atoms with Crippen molar-refractivity contribution in [3.05, 3.63) is 32.4 Å². The Kier molecular flexibility index (Phi) is 4.45. The van der Waals surface area contributed by atoms with Gasteiger partial charge in [0.25, 0.3) is 5.56 Å². The average Bonchev–Trinajstić information content (AvgIpc) is 2.23. The molecule has 0 saturated heterocycles. The molecule has 0 saturated carbocycles. The van der Waals surface area contributed by atoms with E-state index in [2.05, 4.69) is 4.98 Å². The monoisotopic (exact) mass is 268 g/mol. The molecule has 0 aliphatic heterocycles. The quantitative estimate of drug-likeness (QED) is 0.790. The van der Waals surface area contributed by atoms with Crippen molar-refractivity contribution in [2.45, 2.75) is 6.54 Å². The van der Waals surface area contributed by atoms with Gasteiger partial charge in [-0.05, 0) is 0 Å². The van der Waals surface area contributed by atoms with Crippen molar-refractivity contribution < 1.29 is 4.74 Å². The molecule has 0 fully saturated rings. The van der Waals surface area contributed by atoms with Gasteiger partial charge in [-0.2, -0.15) is 0 Å². The van der Waals surface area contributed by atoms with Gasteiger partial charge in [-0.1, -0.05) is 34.8 Å². The summed E-state index contributed by atoms with van der Waals surface area (Å²) in [6.45, 7) is 0.129. The lowest BCUT2D eigenvalue weighted by molar-refractivity contribution is 0.401. The van der Waals surface area contributed by atoms with Gasteiger partial charge in [-0.25, -0.2) is 4.98 Å². The minimum absolute atomic E-state index is 0.0156. The van der Waals surface area contributed by atoms with Gasteiger partial charge >= 0.3 is 0 Å². The third-order valence-corrected chi connectivity index (χ3v) is 2.47. The Bertz CT molecular complexity index is 442. The van der Waals surface area contributed by atoms with E-state index < -0.39 is 5.56 Å². The lowest BCUT2D eigenvalue weighted by atomic mass is 10.5. The van der Waals surface area contributed by atoms with Crippen LogP contribution >= 0.6 is 34.8 Å². The number of allylic oxidation sites excluding steroid dienone is 1. The highest BCUT2D eigenvalue weighted by atomic mass is 35.5. The van der Waals surface area contributed by atoms with E-state index in [0.29, 0.717) is 5.03 Å². The summed E-state index contributed by atoms with van der Waals surface area (Å²) in [5, 5.41) is 0.328. The molecule has 0 amide bonds. The number of aromatic nitrogens is 2. The number of halogens is 3. The first-order valence-electron chi connectivity index (χ1n) is 3.83. The van der Waals surface area contributed by atoms with Crippen LogP contribution in [0.5, 0.6) is 5.75 Å². The second-order valence-electron chi connectivity index (χ2n) is 2.56. The predicted octanol–water partition coefficient (Wildman–Crippen LogP) is 2.22. The van der Waals surface area contributed by atoms with Crippen molar-refractivity contribution in [1.29, 1.82) is 0 Å². The Balaban J connectivity index is 3.17. The van der Waals surface area contributed by atoms with Gasteiger partial charge in [0, 0.05) is 10.6 Å². The molecule has 1 aromatic heterocycles. The van der Waals surface area contributed by atoms with Crippen LogP contribution in [-0.2, 0) is 6.54 Å². The maximum Gasteiger partial charge on any atom is 0.297 e. The zero-order valence-electron chi connectivity index (χ0n) is 7.71. The Hall–Kier alpha value is -0.710. The lowest BCUT2D eigenvalue weighted by Gasteiger charge is -2.06. The summed E-state index contributed by atoms with van der Waals surface area (Å²) in [6.07, 6.45) is 1.27. The lowest BCUT2D eigenvalue weighted by Crippen LogP contribution is -2.22. The second-order valence-corrected chi connectivity index (χ2v) is 3.62. The highest BCUT2D eigenvalue weighted by Gasteiger charge is 2.10. The Morgan fingerprint density at radius 2 is 2.40 bits per heavy atom. The van der Waals surface area contributed by atoms with E-state index in [1.165, 1.54) is 23.5 Å². The zero-order valence-corrected chi connectivity index (χ0v) is 9.97. The highest BCUT2D eigenvalue weighted by molar-refractivity contribution is 6.36. The van der Waals surface area contributed by atoms with E-state index in [9.17, 15) is 4.79 Å². The summed E-state index contributed by atoms with van der Waals surface area (Å²) in [6, 6.07) is 0. The third-order valence-electron chi connectivity index (χ3n) is 1.60. The first kappa shape index (κ1) is 12.4. The number of hydrogen-bond acceptors (Lipinski definition) is 3. The molecule has 0 aliphatic carbocycles. The van der Waals surface area contributed by atoms with E-state index in [1.807, 2.05) is 0 Å². The van der Waals surface area contributed by atoms with Crippen LogP contribution in [-0.4, -0.2) is 16.7 Å². The Morgan fingerprint density at radius 3 is 2.93 bits per heavy atom. The van der Waals surface area contributed by atoms with Crippen LogP contribution in [0.1, 0.15) is 0 Å². The molecule has 1 rings (SSSR count). The van der Waals surface area contributed by atoms with Gasteiger partial charge in [-0.3, -0.25) is 9.36 Å². The molecule has 0 spiro atoms. The number of hydrogen-bond donors (Lipinski definition) is 0. The van der Waals surface area contributed by atoms with E-state index >= 15 is 0 Å². The summed E-state index contributed by atoms with van der Waals surface area (Å²) in [7, 11) is 1.34. The largest absolute Gasteiger partial charge is 0.489 e. The topological polar surface area (TPSA) is 44.1 Å². The fourth-order valence-electron chi connectivity index (χ4n) is 0.932. The molecule has 0 bridgehead atoms. The first-order valence-corrected chi connectivity index (χ1v) is 5.03. The van der Waals surface area contributed by atoms with Crippen LogP contribution in [0.4, 0.5) is 0 Å². The van der Waals surface area contributed by atoms with Crippen molar-refractivity contribution in [2.24, 2.45) is 0 Å². The van der Waals surface area contributed by atoms with Crippen LogP contribution < -0.4 is 10.3 Å². The van der Waals surface area contributed by atoms with Crippen LogP contribution in [0.25, 0.3) is 0 Å². The number of methoxy groups -OCH3 is 1. The molecule has 0 aromatic carbocycles. The predicted molar refractivity (Wildman–Crippen MR) is 59.8 cm³/mol. The SMILES string of the molecule is COc1c(Cl)ncn(C/C(Cl)=C/Cl)c1=O. The summed E-state index contributed by atoms with van der Waals surface area (Å²) in [4.78, 5) is 15.4. The molecular weight excluding hydrogens is 262 g/mol. The van der Waals surface area contributed by atoms with Crippen LogP contribution in [0.3, 0.4) is 0 Å². The molecule has 82 valence electrons. The minimum Gasteiger partial charge on any atom is -0.489 e. The van der Waals surface area contributed by atoms with Gasteiger partial charge in [-0.15, -0.1) is 0 Å². The van der Waals surface area contributed by atoms with E-state index in [1.54, 1.807) is 0 Å². The summed E-state index contributed by atoms with van der Waals surface area (Å²) >= 11 is 16.7. The maximum absolute atomic E-state index is 11.7. The molecule has 4 nitrogen and oxygen atoms in total. The van der Waals surface area contributed by atoms with Gasteiger partial charge in [0.1, 0.15) is 0 Å². The fourth-order valence-corrected chi connectivity index (χ4v) is 1.33. The van der Waals surface area contributed by atoms with Crippen molar-refractivity contribution in [1.82, 2.24) is 9.55 Å². The smallest absolute Gasteiger partial charge is 0.297 e. The molecule has 1 heterocycles. The number of rotatable bonds is 3.